The second-order valence-electron chi connectivity index (χ2n) is 5.12. The average Bonchev–Trinajstić information content (AvgIpc) is 2.40. The van der Waals surface area contributed by atoms with E-state index in [1.54, 1.807) is 0 Å². The summed E-state index contributed by atoms with van der Waals surface area (Å²) < 4.78 is 57.7. The van der Waals surface area contributed by atoms with Crippen LogP contribution in [-0.2, 0) is 20.1 Å². The molecule has 1 aliphatic carbocycles. The first-order chi connectivity index (χ1) is 9.70. The molecular formula is C12H19N2NaO5S2. The topological polar surface area (TPSA) is 127 Å². The Hall–Kier alpha value is 0. The first-order valence-corrected chi connectivity index (χ1v) is 9.48. The third-order valence-electron chi connectivity index (χ3n) is 3.56. The van der Waals surface area contributed by atoms with Crippen molar-refractivity contribution in [3.8, 4) is 0 Å². The molecule has 0 saturated heterocycles. The van der Waals surface area contributed by atoms with Crippen molar-refractivity contribution in [1.29, 1.82) is 0 Å². The fraction of sp³-hybridized carbons (Fsp3) is 0.500. The van der Waals surface area contributed by atoms with Gasteiger partial charge in [0.05, 0.1) is 9.79 Å². The molecule has 0 heterocycles. The van der Waals surface area contributed by atoms with Gasteiger partial charge in [-0.05, 0) is 37.1 Å². The molecule has 0 aromatic heterocycles. The third-order valence-corrected chi connectivity index (χ3v) is 5.93. The monoisotopic (exact) mass is 358 g/mol. The number of benzene rings is 1. The molecule has 22 heavy (non-hydrogen) atoms. The standard InChI is InChI=1S/C12H18N2O5S2.Na.H/c13-11-3-1-2-4-12(11)14-20(15,16)9-5-7-10(8-6-9)21(17,18)19;;/h5-8,11-12,14H,1-4,13H2,(H,17,18,19);;. The van der Waals surface area contributed by atoms with Gasteiger partial charge in [0, 0.05) is 12.1 Å². The summed E-state index contributed by atoms with van der Waals surface area (Å²) in [6.45, 7) is 0. The SMILES string of the molecule is NC1CCCCC1NS(=O)(=O)c1ccc(S(=O)(=O)O)cc1.[NaH]. The maximum absolute atomic E-state index is 12.2. The van der Waals surface area contributed by atoms with Crippen molar-refractivity contribution >= 4 is 49.7 Å². The van der Waals surface area contributed by atoms with Gasteiger partial charge in [-0.15, -0.1) is 0 Å². The summed E-state index contributed by atoms with van der Waals surface area (Å²) in [7, 11) is -8.10. The summed E-state index contributed by atoms with van der Waals surface area (Å²) in [5.74, 6) is 0. The zero-order chi connectivity index (χ0) is 15.7. The fourth-order valence-corrected chi connectivity index (χ4v) is 4.17. The first-order valence-electron chi connectivity index (χ1n) is 6.55. The minimum atomic E-state index is -4.34. The van der Waals surface area contributed by atoms with Gasteiger partial charge in [-0.3, -0.25) is 4.55 Å². The van der Waals surface area contributed by atoms with Crippen molar-refractivity contribution < 1.29 is 21.4 Å². The molecule has 1 aromatic carbocycles. The van der Waals surface area contributed by atoms with Crippen LogP contribution in [0, 0.1) is 0 Å². The number of sulfonamides is 1. The van der Waals surface area contributed by atoms with Crippen LogP contribution < -0.4 is 10.5 Å². The van der Waals surface area contributed by atoms with E-state index in [0.29, 0.717) is 6.42 Å². The molecule has 1 saturated carbocycles. The molecule has 10 heteroatoms. The van der Waals surface area contributed by atoms with Crippen LogP contribution in [0.3, 0.4) is 0 Å². The summed E-state index contributed by atoms with van der Waals surface area (Å²) in [5, 5.41) is 0. The number of hydrogen-bond acceptors (Lipinski definition) is 5. The van der Waals surface area contributed by atoms with E-state index in [4.69, 9.17) is 10.3 Å². The Morgan fingerprint density at radius 2 is 1.50 bits per heavy atom. The van der Waals surface area contributed by atoms with Gasteiger partial charge in [0.1, 0.15) is 0 Å². The predicted octanol–water partition coefficient (Wildman–Crippen LogP) is -0.167. The van der Waals surface area contributed by atoms with Gasteiger partial charge < -0.3 is 5.73 Å². The Morgan fingerprint density at radius 3 is 2.00 bits per heavy atom. The fourth-order valence-electron chi connectivity index (χ4n) is 2.36. The maximum atomic E-state index is 12.2. The number of nitrogens with one attached hydrogen (secondary N) is 1. The molecule has 2 unspecified atom stereocenters. The van der Waals surface area contributed by atoms with Crippen molar-refractivity contribution in [2.45, 2.75) is 47.6 Å². The molecule has 1 aromatic rings. The molecule has 7 nitrogen and oxygen atoms in total. The Morgan fingerprint density at radius 1 is 1.00 bits per heavy atom. The molecule has 1 aliphatic rings. The Balaban J connectivity index is 0.00000242. The van der Waals surface area contributed by atoms with Crippen LogP contribution in [0.25, 0.3) is 0 Å². The van der Waals surface area contributed by atoms with E-state index in [2.05, 4.69) is 4.72 Å². The summed E-state index contributed by atoms with van der Waals surface area (Å²) in [4.78, 5) is -0.413. The molecule has 0 aliphatic heterocycles. The molecule has 0 amide bonds. The average molecular weight is 358 g/mol. The summed E-state index contributed by atoms with van der Waals surface area (Å²) >= 11 is 0. The van der Waals surface area contributed by atoms with E-state index >= 15 is 0 Å². The zero-order valence-electron chi connectivity index (χ0n) is 11.3. The molecule has 1 fully saturated rings. The normalized spacial score (nSPS) is 22.8. The van der Waals surface area contributed by atoms with Gasteiger partial charge in [-0.2, -0.15) is 8.42 Å². The van der Waals surface area contributed by atoms with Crippen molar-refractivity contribution in [3.05, 3.63) is 24.3 Å². The number of nitrogens with two attached hydrogens (primary N) is 1. The Labute approximate surface area is 152 Å². The van der Waals surface area contributed by atoms with Crippen LogP contribution in [-0.4, -0.2) is 63.0 Å². The minimum absolute atomic E-state index is 0. The van der Waals surface area contributed by atoms with Gasteiger partial charge >= 0.3 is 29.6 Å². The quantitative estimate of drug-likeness (QED) is 0.507. The number of rotatable bonds is 4. The first kappa shape index (κ1) is 20.0. The van der Waals surface area contributed by atoms with Gasteiger partial charge in [-0.25, -0.2) is 13.1 Å². The second-order valence-corrected chi connectivity index (χ2v) is 8.26. The van der Waals surface area contributed by atoms with E-state index in [0.717, 1.165) is 43.5 Å². The van der Waals surface area contributed by atoms with Crippen LogP contribution in [0.1, 0.15) is 25.7 Å². The van der Waals surface area contributed by atoms with Crippen LogP contribution in [0.5, 0.6) is 0 Å². The van der Waals surface area contributed by atoms with Crippen LogP contribution in [0.2, 0.25) is 0 Å². The summed E-state index contributed by atoms with van der Waals surface area (Å²) in [5.41, 5.74) is 5.91. The van der Waals surface area contributed by atoms with Crippen molar-refractivity contribution in [2.24, 2.45) is 5.73 Å². The molecule has 0 radical (unpaired) electrons. The van der Waals surface area contributed by atoms with Gasteiger partial charge in [0.2, 0.25) is 10.0 Å². The Bertz CT molecular complexity index is 704. The van der Waals surface area contributed by atoms with Crippen LogP contribution in [0.4, 0.5) is 0 Å². The van der Waals surface area contributed by atoms with Crippen molar-refractivity contribution in [2.75, 3.05) is 0 Å². The molecule has 2 atom stereocenters. The molecular weight excluding hydrogens is 339 g/mol. The molecule has 0 bridgehead atoms. The molecule has 120 valence electrons. The van der Waals surface area contributed by atoms with Crippen LogP contribution >= 0.6 is 0 Å². The van der Waals surface area contributed by atoms with E-state index in [1.807, 2.05) is 0 Å². The van der Waals surface area contributed by atoms with Gasteiger partial charge in [0.25, 0.3) is 10.1 Å². The summed E-state index contributed by atoms with van der Waals surface area (Å²) in [6.07, 6.45) is 3.36. The second kappa shape index (κ2) is 7.71. The molecule has 2 rings (SSSR count). The van der Waals surface area contributed by atoms with E-state index in [-0.39, 0.29) is 51.4 Å². The molecule has 0 spiro atoms. The predicted molar refractivity (Wildman–Crippen MR) is 84.0 cm³/mol. The van der Waals surface area contributed by atoms with Crippen LogP contribution in [0.15, 0.2) is 34.1 Å². The zero-order valence-corrected chi connectivity index (χ0v) is 12.9. The number of hydrogen-bond donors (Lipinski definition) is 3. The van der Waals surface area contributed by atoms with Gasteiger partial charge in [-0.1, -0.05) is 12.8 Å². The van der Waals surface area contributed by atoms with E-state index in [1.165, 1.54) is 0 Å². The third kappa shape index (κ3) is 5.00. The van der Waals surface area contributed by atoms with E-state index in [9.17, 15) is 16.8 Å². The molecule has 4 N–H and O–H groups in total. The van der Waals surface area contributed by atoms with Crippen molar-refractivity contribution in [3.63, 3.8) is 0 Å². The Kier molecular flexibility index (Phi) is 7.03. The van der Waals surface area contributed by atoms with Gasteiger partial charge in [0.15, 0.2) is 0 Å². The van der Waals surface area contributed by atoms with Crippen molar-refractivity contribution in [1.82, 2.24) is 4.72 Å². The van der Waals surface area contributed by atoms with E-state index < -0.39 is 20.1 Å². The summed E-state index contributed by atoms with van der Waals surface area (Å²) in [6, 6.07) is 3.84.